The molecule has 0 N–H and O–H groups in total. The van der Waals surface area contributed by atoms with Crippen molar-refractivity contribution in [3.63, 3.8) is 0 Å². The number of unbranched alkanes of at least 4 members (excludes halogenated alkanes) is 4. The zero-order valence-corrected chi connectivity index (χ0v) is 20.6. The number of carbonyl (C=O) groups is 2. The Morgan fingerprint density at radius 3 is 2.30 bits per heavy atom. The molecule has 2 aromatic carbocycles. The molecule has 1 amide bonds. The molecular weight excluding hydrogens is 414 g/mol. The summed E-state index contributed by atoms with van der Waals surface area (Å²) in [5.41, 5.74) is 4.33. The Morgan fingerprint density at radius 1 is 0.909 bits per heavy atom. The molecule has 5 nitrogen and oxygen atoms in total. The Morgan fingerprint density at radius 2 is 1.64 bits per heavy atom. The lowest BCUT2D eigenvalue weighted by molar-refractivity contribution is -0.153. The summed E-state index contributed by atoms with van der Waals surface area (Å²) >= 11 is 0. The van der Waals surface area contributed by atoms with E-state index in [1.807, 2.05) is 37.1 Å². The highest BCUT2D eigenvalue weighted by molar-refractivity contribution is 5.76. The molecule has 0 heterocycles. The molecular formula is C28H39NO4. The fourth-order valence-electron chi connectivity index (χ4n) is 3.87. The summed E-state index contributed by atoms with van der Waals surface area (Å²) in [5.74, 6) is -0.149. The van der Waals surface area contributed by atoms with Crippen LogP contribution in [0.2, 0.25) is 0 Å². The quantitative estimate of drug-likeness (QED) is 0.268. The standard InChI is InChI=1S/C28H39NO4/c1-5-7-8-9-10-14-27(30)29(3)21-23-12-11-13-25(19-23)24-17-15-22(16-18-24)20-26(33-6-2)28(31)32-4/h11-13,15-19,26H,5-10,14,20-21H2,1-4H3/t26-/m0/s1. The third-order valence-corrected chi connectivity index (χ3v) is 5.81. The first-order valence-corrected chi connectivity index (χ1v) is 12.1. The van der Waals surface area contributed by atoms with Crippen LogP contribution in [0.25, 0.3) is 11.1 Å². The van der Waals surface area contributed by atoms with E-state index in [1.165, 1.54) is 26.4 Å². The highest BCUT2D eigenvalue weighted by atomic mass is 16.6. The molecule has 1 atom stereocenters. The van der Waals surface area contributed by atoms with Crippen molar-refractivity contribution in [3.8, 4) is 11.1 Å². The number of benzene rings is 2. The van der Waals surface area contributed by atoms with Crippen LogP contribution < -0.4 is 0 Å². The van der Waals surface area contributed by atoms with Gasteiger partial charge in [-0.25, -0.2) is 4.79 Å². The van der Waals surface area contributed by atoms with Gasteiger partial charge in [-0.1, -0.05) is 75.1 Å². The Labute approximate surface area is 199 Å². The summed E-state index contributed by atoms with van der Waals surface area (Å²) in [4.78, 5) is 26.2. The van der Waals surface area contributed by atoms with E-state index in [4.69, 9.17) is 9.47 Å². The van der Waals surface area contributed by atoms with Crippen LogP contribution in [0.15, 0.2) is 48.5 Å². The third-order valence-electron chi connectivity index (χ3n) is 5.81. The number of nitrogens with zero attached hydrogens (tertiary/aromatic N) is 1. The average molecular weight is 454 g/mol. The van der Waals surface area contributed by atoms with Gasteiger partial charge in [-0.15, -0.1) is 0 Å². The molecule has 0 saturated heterocycles. The van der Waals surface area contributed by atoms with Crippen LogP contribution in [0.5, 0.6) is 0 Å². The summed E-state index contributed by atoms with van der Waals surface area (Å²) in [6.45, 7) is 5.13. The Balaban J connectivity index is 1.96. The first kappa shape index (κ1) is 26.6. The molecule has 0 fully saturated rings. The molecule has 0 aliphatic heterocycles. The second-order valence-electron chi connectivity index (χ2n) is 8.48. The monoisotopic (exact) mass is 453 g/mol. The smallest absolute Gasteiger partial charge is 0.335 e. The van der Waals surface area contributed by atoms with Crippen molar-refractivity contribution in [2.24, 2.45) is 0 Å². The molecule has 5 heteroatoms. The van der Waals surface area contributed by atoms with Crippen molar-refractivity contribution in [3.05, 3.63) is 59.7 Å². The van der Waals surface area contributed by atoms with Crippen molar-refractivity contribution in [1.82, 2.24) is 4.90 Å². The second kappa shape index (κ2) is 14.5. The molecule has 0 bridgehead atoms. The largest absolute Gasteiger partial charge is 0.467 e. The van der Waals surface area contributed by atoms with Gasteiger partial charge in [0.15, 0.2) is 6.10 Å². The number of carbonyl (C=O) groups excluding carboxylic acids is 2. The Kier molecular flexibility index (Phi) is 11.7. The van der Waals surface area contributed by atoms with Gasteiger partial charge < -0.3 is 14.4 Å². The van der Waals surface area contributed by atoms with Gasteiger partial charge in [0.25, 0.3) is 0 Å². The molecule has 0 unspecified atom stereocenters. The summed E-state index contributed by atoms with van der Waals surface area (Å²) in [6.07, 6.45) is 6.28. The lowest BCUT2D eigenvalue weighted by atomic mass is 9.99. The van der Waals surface area contributed by atoms with E-state index in [1.54, 1.807) is 0 Å². The van der Waals surface area contributed by atoms with Gasteiger partial charge in [0.05, 0.1) is 7.11 Å². The van der Waals surface area contributed by atoms with Crippen LogP contribution in [-0.4, -0.2) is 43.6 Å². The van der Waals surface area contributed by atoms with Crippen molar-refractivity contribution < 1.29 is 19.1 Å². The maximum Gasteiger partial charge on any atom is 0.335 e. The van der Waals surface area contributed by atoms with Crippen LogP contribution in [-0.2, 0) is 32.0 Å². The van der Waals surface area contributed by atoms with E-state index in [9.17, 15) is 9.59 Å². The Hall–Kier alpha value is -2.66. The highest BCUT2D eigenvalue weighted by Gasteiger charge is 2.19. The second-order valence-corrected chi connectivity index (χ2v) is 8.48. The molecule has 33 heavy (non-hydrogen) atoms. The maximum absolute atomic E-state index is 12.5. The van der Waals surface area contributed by atoms with Crippen LogP contribution >= 0.6 is 0 Å². The van der Waals surface area contributed by atoms with E-state index in [0.717, 1.165) is 35.1 Å². The molecule has 2 aromatic rings. The van der Waals surface area contributed by atoms with Gasteiger partial charge in [0.2, 0.25) is 5.91 Å². The van der Waals surface area contributed by atoms with Crippen molar-refractivity contribution in [1.29, 1.82) is 0 Å². The van der Waals surface area contributed by atoms with Crippen molar-refractivity contribution in [2.45, 2.75) is 71.4 Å². The molecule has 2 rings (SSSR count). The molecule has 0 aliphatic rings. The van der Waals surface area contributed by atoms with Crippen molar-refractivity contribution >= 4 is 11.9 Å². The first-order valence-electron chi connectivity index (χ1n) is 12.1. The van der Waals surface area contributed by atoms with Crippen LogP contribution in [0, 0.1) is 0 Å². The predicted octanol–water partition coefficient (Wildman–Crippen LogP) is 5.79. The van der Waals surface area contributed by atoms with Gasteiger partial charge in [-0.05, 0) is 41.7 Å². The zero-order valence-electron chi connectivity index (χ0n) is 20.6. The number of rotatable bonds is 14. The molecule has 0 aromatic heterocycles. The third kappa shape index (κ3) is 9.01. The lowest BCUT2D eigenvalue weighted by Gasteiger charge is -2.18. The normalized spacial score (nSPS) is 11.8. The predicted molar refractivity (Wildman–Crippen MR) is 133 cm³/mol. The summed E-state index contributed by atoms with van der Waals surface area (Å²) in [6, 6.07) is 16.5. The minimum absolute atomic E-state index is 0.204. The van der Waals surface area contributed by atoms with Gasteiger partial charge in [-0.2, -0.15) is 0 Å². The fraction of sp³-hybridized carbons (Fsp3) is 0.500. The Bertz CT molecular complexity index is 862. The maximum atomic E-state index is 12.5. The first-order chi connectivity index (χ1) is 16.0. The summed E-state index contributed by atoms with van der Waals surface area (Å²) in [7, 11) is 3.26. The summed E-state index contributed by atoms with van der Waals surface area (Å²) < 4.78 is 10.4. The minimum atomic E-state index is -0.589. The van der Waals surface area contributed by atoms with Gasteiger partial charge in [0.1, 0.15) is 0 Å². The number of hydrogen-bond acceptors (Lipinski definition) is 4. The molecule has 0 saturated carbocycles. The number of hydrogen-bond donors (Lipinski definition) is 0. The lowest BCUT2D eigenvalue weighted by Crippen LogP contribution is -2.28. The number of methoxy groups -OCH3 is 1. The number of amides is 1. The fourth-order valence-corrected chi connectivity index (χ4v) is 3.87. The average Bonchev–Trinajstić information content (AvgIpc) is 2.83. The summed E-state index contributed by atoms with van der Waals surface area (Å²) in [5, 5.41) is 0. The van der Waals surface area contributed by atoms with Crippen LogP contribution in [0.3, 0.4) is 0 Å². The highest BCUT2D eigenvalue weighted by Crippen LogP contribution is 2.22. The molecule has 0 radical (unpaired) electrons. The zero-order chi connectivity index (χ0) is 24.1. The number of ether oxygens (including phenoxy) is 2. The van der Waals surface area contributed by atoms with E-state index in [2.05, 4.69) is 37.3 Å². The van der Waals surface area contributed by atoms with Crippen LogP contribution in [0.4, 0.5) is 0 Å². The SMILES string of the molecule is CCCCCCCC(=O)N(C)Cc1cccc(-c2ccc(C[C@H](OCC)C(=O)OC)cc2)c1. The molecule has 180 valence electrons. The molecule has 0 spiro atoms. The minimum Gasteiger partial charge on any atom is -0.467 e. The topological polar surface area (TPSA) is 55.8 Å². The van der Waals surface area contributed by atoms with E-state index < -0.39 is 6.10 Å². The van der Waals surface area contributed by atoms with E-state index >= 15 is 0 Å². The van der Waals surface area contributed by atoms with Gasteiger partial charge in [-0.3, -0.25) is 4.79 Å². The van der Waals surface area contributed by atoms with Crippen molar-refractivity contribution in [2.75, 3.05) is 20.8 Å². The van der Waals surface area contributed by atoms with E-state index in [0.29, 0.717) is 26.0 Å². The number of esters is 1. The van der Waals surface area contributed by atoms with Gasteiger partial charge in [0, 0.05) is 33.0 Å². The van der Waals surface area contributed by atoms with E-state index in [-0.39, 0.29) is 11.9 Å². The molecule has 0 aliphatic carbocycles. The van der Waals surface area contributed by atoms with Crippen LogP contribution in [0.1, 0.15) is 63.5 Å². The van der Waals surface area contributed by atoms with Gasteiger partial charge >= 0.3 is 5.97 Å².